The maximum Gasteiger partial charge on any atom is 0.142 e. The van der Waals surface area contributed by atoms with Crippen LogP contribution in [0.3, 0.4) is 0 Å². The van der Waals surface area contributed by atoms with E-state index in [1.807, 2.05) is 18.2 Å². The van der Waals surface area contributed by atoms with E-state index in [-0.39, 0.29) is 24.8 Å². The molecular formula is C17H28Cl2N2O3. The molecule has 1 aliphatic rings. The van der Waals surface area contributed by atoms with Gasteiger partial charge in [0.1, 0.15) is 5.75 Å². The molecule has 1 N–H and O–H groups in total. The highest BCUT2D eigenvalue weighted by molar-refractivity contribution is 5.85. The fourth-order valence-corrected chi connectivity index (χ4v) is 2.70. The highest BCUT2D eigenvalue weighted by atomic mass is 35.5. The highest BCUT2D eigenvalue weighted by Gasteiger charge is 2.21. The van der Waals surface area contributed by atoms with Crippen LogP contribution in [0.15, 0.2) is 36.9 Å². The van der Waals surface area contributed by atoms with Crippen LogP contribution in [0.5, 0.6) is 5.75 Å². The zero-order valence-electron chi connectivity index (χ0n) is 14.1. The van der Waals surface area contributed by atoms with Gasteiger partial charge in [-0.15, -0.1) is 31.4 Å². The van der Waals surface area contributed by atoms with Crippen LogP contribution < -0.4 is 9.64 Å². The average Bonchev–Trinajstić information content (AvgIpc) is 2.56. The Morgan fingerprint density at radius 1 is 1.21 bits per heavy atom. The molecule has 0 amide bonds. The van der Waals surface area contributed by atoms with Crippen molar-refractivity contribution < 1.29 is 14.6 Å². The van der Waals surface area contributed by atoms with Gasteiger partial charge >= 0.3 is 0 Å². The van der Waals surface area contributed by atoms with Crippen molar-refractivity contribution in [3.05, 3.63) is 36.9 Å². The molecule has 5 nitrogen and oxygen atoms in total. The largest absolute Gasteiger partial charge is 0.495 e. The number of anilines is 1. The summed E-state index contributed by atoms with van der Waals surface area (Å²) in [5.41, 5.74) is 1.14. The Morgan fingerprint density at radius 3 is 2.50 bits per heavy atom. The third-order valence-electron chi connectivity index (χ3n) is 3.81. The molecule has 1 unspecified atom stereocenters. The molecule has 1 atom stereocenters. The number of benzene rings is 1. The molecule has 0 saturated carbocycles. The molecule has 1 aromatic carbocycles. The monoisotopic (exact) mass is 378 g/mol. The lowest BCUT2D eigenvalue weighted by Gasteiger charge is -2.37. The third kappa shape index (κ3) is 6.87. The number of β-amino-alcohol motifs (C(OH)–C–C–N with tert-alkyl or cyclic N) is 1. The highest BCUT2D eigenvalue weighted by Crippen LogP contribution is 2.28. The number of ether oxygens (including phenoxy) is 2. The van der Waals surface area contributed by atoms with Crippen molar-refractivity contribution in [3.8, 4) is 5.75 Å². The predicted octanol–water partition coefficient (Wildman–Crippen LogP) is 2.22. The number of para-hydroxylation sites is 2. The molecule has 0 aliphatic carbocycles. The van der Waals surface area contributed by atoms with Gasteiger partial charge in [-0.3, -0.25) is 4.90 Å². The molecule has 7 heteroatoms. The summed E-state index contributed by atoms with van der Waals surface area (Å²) in [5, 5.41) is 9.96. The molecular weight excluding hydrogens is 351 g/mol. The van der Waals surface area contributed by atoms with E-state index in [4.69, 9.17) is 9.47 Å². The van der Waals surface area contributed by atoms with Crippen LogP contribution in [0.4, 0.5) is 5.69 Å². The number of piperazine rings is 1. The molecule has 24 heavy (non-hydrogen) atoms. The van der Waals surface area contributed by atoms with Crippen molar-refractivity contribution in [2.45, 2.75) is 6.10 Å². The van der Waals surface area contributed by atoms with Crippen LogP contribution >= 0.6 is 24.8 Å². The SMILES string of the molecule is C=CCOCC(O)CN1CCN(c2ccccc2OC)CC1.Cl.Cl. The zero-order chi connectivity index (χ0) is 15.8. The Kier molecular flexibility index (Phi) is 11.9. The normalized spacial score (nSPS) is 15.8. The van der Waals surface area contributed by atoms with Gasteiger partial charge in [-0.05, 0) is 12.1 Å². The molecule has 1 heterocycles. The average molecular weight is 379 g/mol. The van der Waals surface area contributed by atoms with Crippen LogP contribution in [0.2, 0.25) is 0 Å². The first-order chi connectivity index (χ1) is 10.7. The van der Waals surface area contributed by atoms with Crippen LogP contribution in [-0.4, -0.2) is 69.2 Å². The van der Waals surface area contributed by atoms with E-state index in [0.717, 1.165) is 37.6 Å². The number of methoxy groups -OCH3 is 1. The Morgan fingerprint density at radius 2 is 1.88 bits per heavy atom. The fraction of sp³-hybridized carbons (Fsp3) is 0.529. The lowest BCUT2D eigenvalue weighted by molar-refractivity contribution is 0.0252. The van der Waals surface area contributed by atoms with Gasteiger partial charge in [0.15, 0.2) is 0 Å². The smallest absolute Gasteiger partial charge is 0.142 e. The van der Waals surface area contributed by atoms with Gasteiger partial charge in [-0.2, -0.15) is 0 Å². The van der Waals surface area contributed by atoms with E-state index in [2.05, 4.69) is 22.4 Å². The van der Waals surface area contributed by atoms with Crippen molar-refractivity contribution >= 4 is 30.5 Å². The van der Waals surface area contributed by atoms with Crippen molar-refractivity contribution in [3.63, 3.8) is 0 Å². The Labute approximate surface area is 157 Å². The van der Waals surface area contributed by atoms with E-state index in [1.165, 1.54) is 0 Å². The second-order valence-corrected chi connectivity index (χ2v) is 5.44. The molecule has 2 rings (SSSR count). The molecule has 1 aromatic rings. The minimum absolute atomic E-state index is 0. The van der Waals surface area contributed by atoms with Crippen LogP contribution in [0.25, 0.3) is 0 Å². The number of nitrogens with zero attached hydrogens (tertiary/aromatic N) is 2. The summed E-state index contributed by atoms with van der Waals surface area (Å²) >= 11 is 0. The third-order valence-corrected chi connectivity index (χ3v) is 3.81. The molecule has 1 saturated heterocycles. The number of rotatable bonds is 8. The van der Waals surface area contributed by atoms with Gasteiger partial charge in [0, 0.05) is 32.7 Å². The number of aliphatic hydroxyl groups excluding tert-OH is 1. The molecule has 0 radical (unpaired) electrons. The Bertz CT molecular complexity index is 469. The van der Waals surface area contributed by atoms with Crippen molar-refractivity contribution in [1.29, 1.82) is 0 Å². The summed E-state index contributed by atoms with van der Waals surface area (Å²) in [4.78, 5) is 4.60. The van der Waals surface area contributed by atoms with Crippen LogP contribution in [0, 0.1) is 0 Å². The first-order valence-corrected chi connectivity index (χ1v) is 7.71. The van der Waals surface area contributed by atoms with Crippen molar-refractivity contribution in [2.75, 3.05) is 57.9 Å². The molecule has 0 aromatic heterocycles. The molecule has 1 fully saturated rings. The van der Waals surface area contributed by atoms with Gasteiger partial charge in [0.05, 0.1) is 32.1 Å². The van der Waals surface area contributed by atoms with Gasteiger partial charge in [0.25, 0.3) is 0 Å². The second-order valence-electron chi connectivity index (χ2n) is 5.44. The van der Waals surface area contributed by atoms with Crippen molar-refractivity contribution in [2.24, 2.45) is 0 Å². The van der Waals surface area contributed by atoms with Gasteiger partial charge in [-0.25, -0.2) is 0 Å². The number of halogens is 2. The summed E-state index contributed by atoms with van der Waals surface area (Å²) in [5.74, 6) is 0.911. The van der Waals surface area contributed by atoms with E-state index in [1.54, 1.807) is 13.2 Å². The van der Waals surface area contributed by atoms with Crippen molar-refractivity contribution in [1.82, 2.24) is 4.90 Å². The van der Waals surface area contributed by atoms with Gasteiger partial charge < -0.3 is 19.5 Å². The quantitative estimate of drug-likeness (QED) is 0.555. The standard InChI is InChI=1S/C17H26N2O3.2ClH/c1-3-12-22-14-15(20)13-18-8-10-19(11-9-18)16-6-4-5-7-17(16)21-2;;/h3-7,15,20H,1,8-14H2,2H3;2*1H. The Hall–Kier alpha value is -0.980. The minimum atomic E-state index is -0.447. The second kappa shape index (κ2) is 12.4. The zero-order valence-corrected chi connectivity index (χ0v) is 15.7. The molecule has 138 valence electrons. The van der Waals surface area contributed by atoms with E-state index < -0.39 is 6.10 Å². The maximum atomic E-state index is 9.96. The van der Waals surface area contributed by atoms with E-state index in [9.17, 15) is 5.11 Å². The summed E-state index contributed by atoms with van der Waals surface area (Å²) in [6.45, 7) is 8.80. The van der Waals surface area contributed by atoms with Gasteiger partial charge in [0.2, 0.25) is 0 Å². The number of aliphatic hydroxyl groups is 1. The predicted molar refractivity (Wildman–Crippen MR) is 103 cm³/mol. The summed E-state index contributed by atoms with van der Waals surface area (Å²) in [6.07, 6.45) is 1.25. The lowest BCUT2D eigenvalue weighted by Crippen LogP contribution is -2.49. The Balaban J connectivity index is 0.00000264. The lowest BCUT2D eigenvalue weighted by atomic mass is 10.2. The first kappa shape index (κ1) is 23.0. The van der Waals surface area contributed by atoms with Crippen LogP contribution in [0.1, 0.15) is 0 Å². The molecule has 0 spiro atoms. The maximum absolute atomic E-state index is 9.96. The fourth-order valence-electron chi connectivity index (χ4n) is 2.70. The molecule has 0 bridgehead atoms. The number of hydrogen-bond donors (Lipinski definition) is 1. The van der Waals surface area contributed by atoms with Crippen LogP contribution in [-0.2, 0) is 4.74 Å². The summed E-state index contributed by atoms with van der Waals surface area (Å²) < 4.78 is 10.7. The minimum Gasteiger partial charge on any atom is -0.495 e. The summed E-state index contributed by atoms with van der Waals surface area (Å²) in [7, 11) is 1.70. The first-order valence-electron chi connectivity index (χ1n) is 7.71. The number of hydrogen-bond acceptors (Lipinski definition) is 5. The topological polar surface area (TPSA) is 45.2 Å². The molecule has 1 aliphatic heterocycles. The summed E-state index contributed by atoms with van der Waals surface area (Å²) in [6, 6.07) is 8.10. The van der Waals surface area contributed by atoms with E-state index in [0.29, 0.717) is 19.8 Å². The van der Waals surface area contributed by atoms with Gasteiger partial charge in [-0.1, -0.05) is 18.2 Å². The van der Waals surface area contributed by atoms with E-state index >= 15 is 0 Å².